The molecular weight excluding hydrogens is 466 g/mol. The van der Waals surface area contributed by atoms with Crippen LogP contribution in [0.5, 0.6) is 0 Å². The molecule has 33 heavy (non-hydrogen) atoms. The summed E-state index contributed by atoms with van der Waals surface area (Å²) < 4.78 is 32.9. The van der Waals surface area contributed by atoms with E-state index in [0.717, 1.165) is 21.4 Å². The van der Waals surface area contributed by atoms with Gasteiger partial charge in [0.15, 0.2) is 6.61 Å². The van der Waals surface area contributed by atoms with Crippen molar-refractivity contribution in [1.29, 1.82) is 0 Å². The Labute approximate surface area is 197 Å². The fraction of sp³-hybridized carbons (Fsp3) is 0.217. The number of sulfonamides is 1. The third-order valence-corrected chi connectivity index (χ3v) is 7.24. The summed E-state index contributed by atoms with van der Waals surface area (Å²) in [4.78, 5) is 24.4. The number of aryl methyl sites for hydroxylation is 2. The van der Waals surface area contributed by atoms with E-state index in [1.165, 1.54) is 32.3 Å². The predicted octanol–water partition coefficient (Wildman–Crippen LogP) is 3.79. The SMILES string of the molecule is Cc1ccc(C)n1-c1ccc(C(=O)OCC(=O)Nc2ccc(Cl)c(S(=O)(=O)N(C)C)c2)cc1. The van der Waals surface area contributed by atoms with Crippen LogP contribution in [0.1, 0.15) is 21.7 Å². The van der Waals surface area contributed by atoms with Crippen molar-refractivity contribution in [3.05, 3.63) is 76.6 Å². The van der Waals surface area contributed by atoms with Gasteiger partial charge in [-0.3, -0.25) is 4.79 Å². The molecule has 10 heteroatoms. The van der Waals surface area contributed by atoms with Gasteiger partial charge in [-0.1, -0.05) is 11.6 Å². The third kappa shape index (κ3) is 5.44. The molecule has 1 aromatic heterocycles. The standard InChI is InChI=1S/C23H24ClN3O5S/c1-15-5-6-16(2)27(15)19-10-7-17(8-11-19)23(29)32-14-22(28)25-18-9-12-20(24)21(13-18)33(30,31)26(3)4/h5-13H,14H2,1-4H3,(H,25,28). The van der Waals surface area contributed by atoms with E-state index in [-0.39, 0.29) is 15.6 Å². The quantitative estimate of drug-likeness (QED) is 0.509. The lowest BCUT2D eigenvalue weighted by atomic mass is 10.2. The molecule has 0 fully saturated rings. The van der Waals surface area contributed by atoms with Gasteiger partial charge in [-0.2, -0.15) is 0 Å². The molecule has 0 bridgehead atoms. The Morgan fingerprint density at radius 1 is 1.00 bits per heavy atom. The third-order valence-electron chi connectivity index (χ3n) is 4.94. The number of esters is 1. The number of aromatic nitrogens is 1. The van der Waals surface area contributed by atoms with E-state index in [1.807, 2.05) is 26.0 Å². The van der Waals surface area contributed by atoms with Crippen LogP contribution in [0.25, 0.3) is 5.69 Å². The second kappa shape index (κ2) is 9.78. The van der Waals surface area contributed by atoms with Gasteiger partial charge in [0.05, 0.1) is 10.6 Å². The highest BCUT2D eigenvalue weighted by atomic mass is 35.5. The summed E-state index contributed by atoms with van der Waals surface area (Å²) >= 11 is 6.00. The van der Waals surface area contributed by atoms with Crippen molar-refractivity contribution in [3.8, 4) is 5.69 Å². The summed E-state index contributed by atoms with van der Waals surface area (Å²) in [7, 11) is -1.03. The minimum absolute atomic E-state index is 0.0295. The monoisotopic (exact) mass is 489 g/mol. The number of hydrogen-bond donors (Lipinski definition) is 1. The maximum atomic E-state index is 12.4. The number of amides is 1. The lowest BCUT2D eigenvalue weighted by Crippen LogP contribution is -2.23. The number of nitrogens with zero attached hydrogens (tertiary/aromatic N) is 2. The number of rotatable bonds is 7. The molecular formula is C23H24ClN3O5S. The van der Waals surface area contributed by atoms with Gasteiger partial charge in [-0.15, -0.1) is 0 Å². The molecule has 0 spiro atoms. The maximum absolute atomic E-state index is 12.4. The molecule has 0 atom stereocenters. The van der Waals surface area contributed by atoms with Crippen LogP contribution >= 0.6 is 11.6 Å². The first-order chi connectivity index (χ1) is 15.5. The Morgan fingerprint density at radius 3 is 2.18 bits per heavy atom. The van der Waals surface area contributed by atoms with Crippen LogP contribution in [0.2, 0.25) is 5.02 Å². The second-order valence-electron chi connectivity index (χ2n) is 7.56. The average Bonchev–Trinajstić information content (AvgIpc) is 3.11. The lowest BCUT2D eigenvalue weighted by Gasteiger charge is -2.14. The van der Waals surface area contributed by atoms with Crippen molar-refractivity contribution >= 4 is 39.2 Å². The van der Waals surface area contributed by atoms with Gasteiger partial charge in [-0.25, -0.2) is 17.5 Å². The average molecular weight is 490 g/mol. The summed E-state index contributed by atoms with van der Waals surface area (Å²) in [6, 6.07) is 15.0. The largest absolute Gasteiger partial charge is 0.452 e. The van der Waals surface area contributed by atoms with Gasteiger partial charge in [0, 0.05) is 36.9 Å². The summed E-state index contributed by atoms with van der Waals surface area (Å²) in [5.41, 5.74) is 3.57. The fourth-order valence-corrected chi connectivity index (χ4v) is 4.60. The molecule has 0 aliphatic rings. The van der Waals surface area contributed by atoms with Crippen molar-refractivity contribution in [3.63, 3.8) is 0 Å². The number of ether oxygens (including phenoxy) is 1. The summed E-state index contributed by atoms with van der Waals surface area (Å²) in [5.74, 6) is -1.27. The van der Waals surface area contributed by atoms with Gasteiger partial charge >= 0.3 is 5.97 Å². The molecule has 0 saturated heterocycles. The molecule has 0 unspecified atom stereocenters. The van der Waals surface area contributed by atoms with E-state index in [2.05, 4.69) is 9.88 Å². The molecule has 0 radical (unpaired) electrons. The van der Waals surface area contributed by atoms with E-state index in [9.17, 15) is 18.0 Å². The van der Waals surface area contributed by atoms with Crippen molar-refractivity contribution in [2.45, 2.75) is 18.7 Å². The smallest absolute Gasteiger partial charge is 0.338 e. The molecule has 0 aliphatic heterocycles. The van der Waals surface area contributed by atoms with E-state index < -0.39 is 28.5 Å². The first kappa shape index (κ1) is 24.5. The summed E-state index contributed by atoms with van der Waals surface area (Å²) in [5, 5.41) is 2.54. The number of nitrogens with one attached hydrogen (secondary N) is 1. The van der Waals surface area contributed by atoms with Crippen molar-refractivity contribution < 1.29 is 22.7 Å². The van der Waals surface area contributed by atoms with Crippen molar-refractivity contribution in [1.82, 2.24) is 8.87 Å². The molecule has 1 amide bonds. The molecule has 3 aromatic rings. The number of hydrogen-bond acceptors (Lipinski definition) is 5. The zero-order valence-corrected chi connectivity index (χ0v) is 20.2. The minimum Gasteiger partial charge on any atom is -0.452 e. The normalized spacial score (nSPS) is 11.5. The highest BCUT2D eigenvalue weighted by Gasteiger charge is 2.21. The van der Waals surface area contributed by atoms with E-state index >= 15 is 0 Å². The van der Waals surface area contributed by atoms with Gasteiger partial charge < -0.3 is 14.6 Å². The van der Waals surface area contributed by atoms with E-state index in [0.29, 0.717) is 5.56 Å². The topological polar surface area (TPSA) is 97.7 Å². The Bertz CT molecular complexity index is 1280. The molecule has 3 rings (SSSR count). The Kier molecular flexibility index (Phi) is 7.26. The molecule has 0 saturated carbocycles. The van der Waals surface area contributed by atoms with Crippen LogP contribution in [0, 0.1) is 13.8 Å². The van der Waals surface area contributed by atoms with Gasteiger partial charge in [-0.05, 0) is 68.4 Å². The van der Waals surface area contributed by atoms with Gasteiger partial charge in [0.1, 0.15) is 4.90 Å². The predicted molar refractivity (Wildman–Crippen MR) is 126 cm³/mol. The number of benzene rings is 2. The number of carbonyl (C=O) groups is 2. The first-order valence-electron chi connectivity index (χ1n) is 9.95. The molecule has 0 aliphatic carbocycles. The fourth-order valence-electron chi connectivity index (χ4n) is 3.21. The number of carbonyl (C=O) groups excluding carboxylic acids is 2. The molecule has 1 N–H and O–H groups in total. The molecule has 1 heterocycles. The zero-order chi connectivity index (χ0) is 24.3. The Balaban J connectivity index is 1.63. The minimum atomic E-state index is -3.79. The van der Waals surface area contributed by atoms with Crippen LogP contribution in [0.15, 0.2) is 59.5 Å². The number of halogens is 1. The van der Waals surface area contributed by atoms with Gasteiger partial charge in [0.2, 0.25) is 10.0 Å². The maximum Gasteiger partial charge on any atom is 0.338 e. The van der Waals surface area contributed by atoms with Crippen LogP contribution in [-0.2, 0) is 19.6 Å². The van der Waals surface area contributed by atoms with Crippen LogP contribution < -0.4 is 5.32 Å². The second-order valence-corrected chi connectivity index (χ2v) is 10.1. The Morgan fingerprint density at radius 2 is 1.61 bits per heavy atom. The van der Waals surface area contributed by atoms with Crippen molar-refractivity contribution in [2.75, 3.05) is 26.0 Å². The Hall–Kier alpha value is -3.14. The zero-order valence-electron chi connectivity index (χ0n) is 18.6. The molecule has 8 nitrogen and oxygen atoms in total. The van der Waals surface area contributed by atoms with E-state index in [4.69, 9.17) is 16.3 Å². The lowest BCUT2D eigenvalue weighted by molar-refractivity contribution is -0.119. The summed E-state index contributed by atoms with van der Waals surface area (Å²) in [6.07, 6.45) is 0. The van der Waals surface area contributed by atoms with Crippen molar-refractivity contribution in [2.24, 2.45) is 0 Å². The van der Waals surface area contributed by atoms with E-state index in [1.54, 1.807) is 24.3 Å². The highest BCUT2D eigenvalue weighted by Crippen LogP contribution is 2.27. The van der Waals surface area contributed by atoms with Gasteiger partial charge in [0.25, 0.3) is 5.91 Å². The van der Waals surface area contributed by atoms with Crippen LogP contribution in [0.4, 0.5) is 5.69 Å². The number of anilines is 1. The van der Waals surface area contributed by atoms with Crippen LogP contribution in [0.3, 0.4) is 0 Å². The molecule has 2 aromatic carbocycles. The highest BCUT2D eigenvalue weighted by molar-refractivity contribution is 7.89. The van der Waals surface area contributed by atoms with Crippen LogP contribution in [-0.4, -0.2) is 49.9 Å². The first-order valence-corrected chi connectivity index (χ1v) is 11.8. The summed E-state index contributed by atoms with van der Waals surface area (Å²) in [6.45, 7) is 3.45. The molecule has 174 valence electrons.